The number of hydrogen-bond acceptors (Lipinski definition) is 7. The smallest absolute Gasteiger partial charge is 0.324 e. The van der Waals surface area contributed by atoms with E-state index in [4.69, 9.17) is 0 Å². The Labute approximate surface area is 160 Å². The van der Waals surface area contributed by atoms with Crippen molar-refractivity contribution in [2.24, 2.45) is 0 Å². The fraction of sp³-hybridized carbons (Fsp3) is 0.412. The van der Waals surface area contributed by atoms with Crippen LogP contribution >= 0.6 is 23.1 Å². The van der Waals surface area contributed by atoms with Crippen LogP contribution in [0, 0.1) is 6.92 Å². The summed E-state index contributed by atoms with van der Waals surface area (Å²) in [7, 11) is 0. The zero-order chi connectivity index (χ0) is 18.7. The van der Waals surface area contributed by atoms with E-state index in [1.165, 1.54) is 33.6 Å². The van der Waals surface area contributed by atoms with Gasteiger partial charge in [0.2, 0.25) is 11.0 Å². The molecule has 7 nitrogen and oxygen atoms in total. The molecule has 3 amide bonds. The van der Waals surface area contributed by atoms with Crippen LogP contribution < -0.4 is 10.6 Å². The Hall–Kier alpha value is -2.13. The van der Waals surface area contributed by atoms with Crippen molar-refractivity contribution in [3.8, 4) is 0 Å². The minimum absolute atomic E-state index is 0.207. The maximum atomic E-state index is 12.4. The molecule has 2 N–H and O–H groups in total. The average Bonchev–Trinajstić information content (AvgIpc) is 3.24. The molecular weight excluding hydrogens is 370 g/mol. The Morgan fingerprint density at radius 2 is 2.27 bits per heavy atom. The Balaban J connectivity index is 1.67. The Morgan fingerprint density at radius 3 is 2.96 bits per heavy atom. The molecule has 1 aromatic heterocycles. The van der Waals surface area contributed by atoms with Gasteiger partial charge in [-0.25, -0.2) is 4.79 Å². The van der Waals surface area contributed by atoms with Gasteiger partial charge >= 0.3 is 6.03 Å². The first-order valence-electron chi connectivity index (χ1n) is 8.44. The quantitative estimate of drug-likeness (QED) is 0.736. The fourth-order valence-corrected chi connectivity index (χ4v) is 4.68. The number of carbonyl (C=O) groups excluding carboxylic acids is 2. The predicted molar refractivity (Wildman–Crippen MR) is 104 cm³/mol. The van der Waals surface area contributed by atoms with Crippen LogP contribution in [0.2, 0.25) is 0 Å². The van der Waals surface area contributed by atoms with Crippen molar-refractivity contribution in [1.29, 1.82) is 0 Å². The maximum absolute atomic E-state index is 12.4. The molecule has 1 saturated heterocycles. The van der Waals surface area contributed by atoms with Gasteiger partial charge < -0.3 is 10.6 Å². The van der Waals surface area contributed by atoms with Gasteiger partial charge in [-0.05, 0) is 31.4 Å². The van der Waals surface area contributed by atoms with E-state index < -0.39 is 5.25 Å². The molecule has 26 heavy (non-hydrogen) atoms. The molecule has 3 rings (SSSR count). The van der Waals surface area contributed by atoms with Gasteiger partial charge in [0.25, 0.3) is 0 Å². The second-order valence-electron chi connectivity index (χ2n) is 5.94. The Bertz CT molecular complexity index is 823. The summed E-state index contributed by atoms with van der Waals surface area (Å²) in [6.45, 7) is 6.87. The van der Waals surface area contributed by atoms with Crippen molar-refractivity contribution >= 4 is 45.9 Å². The number of hydrogen-bond donors (Lipinski definition) is 2. The SMILES string of the molecule is CCc1cccc(C)c1Nc1nnc(SC(C)C(=O)N2CCNC2=O)s1. The number of anilines is 2. The van der Waals surface area contributed by atoms with Gasteiger partial charge in [-0.2, -0.15) is 0 Å². The highest BCUT2D eigenvalue weighted by molar-refractivity contribution is 8.02. The monoisotopic (exact) mass is 391 g/mol. The van der Waals surface area contributed by atoms with E-state index in [1.54, 1.807) is 6.92 Å². The van der Waals surface area contributed by atoms with Gasteiger partial charge in [-0.15, -0.1) is 10.2 Å². The van der Waals surface area contributed by atoms with Crippen LogP contribution in [-0.2, 0) is 11.2 Å². The Kier molecular flexibility index (Phi) is 5.77. The first-order valence-corrected chi connectivity index (χ1v) is 10.1. The third kappa shape index (κ3) is 3.99. The molecule has 1 aliphatic heterocycles. The molecule has 1 aliphatic rings. The summed E-state index contributed by atoms with van der Waals surface area (Å²) >= 11 is 2.72. The molecule has 138 valence electrons. The largest absolute Gasteiger partial charge is 0.336 e. The highest BCUT2D eigenvalue weighted by atomic mass is 32.2. The molecule has 2 aromatic rings. The molecule has 0 bridgehead atoms. The molecule has 2 heterocycles. The molecule has 9 heteroatoms. The highest BCUT2D eigenvalue weighted by Crippen LogP contribution is 2.33. The topological polar surface area (TPSA) is 87.2 Å². The number of urea groups is 1. The number of nitrogens with zero attached hydrogens (tertiary/aromatic N) is 3. The van der Waals surface area contributed by atoms with Crippen molar-refractivity contribution in [1.82, 2.24) is 20.4 Å². The van der Waals surface area contributed by atoms with E-state index in [2.05, 4.69) is 46.8 Å². The molecule has 1 unspecified atom stereocenters. The third-order valence-electron chi connectivity index (χ3n) is 4.13. The van der Waals surface area contributed by atoms with Crippen LogP contribution in [0.4, 0.5) is 15.6 Å². The average molecular weight is 392 g/mol. The number of imide groups is 1. The molecule has 1 aromatic carbocycles. The molecule has 0 saturated carbocycles. The van der Waals surface area contributed by atoms with E-state index in [0.717, 1.165) is 17.7 Å². The van der Waals surface area contributed by atoms with E-state index in [0.29, 0.717) is 22.6 Å². The number of thioether (sulfide) groups is 1. The van der Waals surface area contributed by atoms with Gasteiger partial charge in [0, 0.05) is 18.8 Å². The third-order valence-corrected chi connectivity index (χ3v) is 6.14. The number of nitrogens with one attached hydrogen (secondary N) is 2. The standard InChI is InChI=1S/C17H21N5O2S2/c1-4-12-7-5-6-10(2)13(12)19-15-20-21-17(26-15)25-11(3)14(23)22-9-8-18-16(22)24/h5-7,11H,4,8-9H2,1-3H3,(H,18,24)(H,19,20). The minimum atomic E-state index is -0.399. The lowest BCUT2D eigenvalue weighted by molar-refractivity contribution is -0.126. The van der Waals surface area contributed by atoms with Crippen molar-refractivity contribution < 1.29 is 9.59 Å². The fourth-order valence-electron chi connectivity index (χ4n) is 2.72. The number of aryl methyl sites for hydroxylation is 2. The second-order valence-corrected chi connectivity index (χ2v) is 8.51. The lowest BCUT2D eigenvalue weighted by Gasteiger charge is -2.16. The molecule has 1 fully saturated rings. The van der Waals surface area contributed by atoms with E-state index >= 15 is 0 Å². The van der Waals surface area contributed by atoms with Crippen LogP contribution in [0.1, 0.15) is 25.0 Å². The minimum Gasteiger partial charge on any atom is -0.336 e. The van der Waals surface area contributed by atoms with E-state index in [9.17, 15) is 9.59 Å². The zero-order valence-corrected chi connectivity index (χ0v) is 16.5. The normalized spacial score (nSPS) is 15.0. The predicted octanol–water partition coefficient (Wildman–Crippen LogP) is 3.18. The summed E-state index contributed by atoms with van der Waals surface area (Å²) in [6.07, 6.45) is 0.924. The lowest BCUT2D eigenvalue weighted by atomic mass is 10.1. The summed E-state index contributed by atoms with van der Waals surface area (Å²) in [6, 6.07) is 5.87. The highest BCUT2D eigenvalue weighted by Gasteiger charge is 2.30. The lowest BCUT2D eigenvalue weighted by Crippen LogP contribution is -2.38. The van der Waals surface area contributed by atoms with Crippen LogP contribution in [0.25, 0.3) is 0 Å². The van der Waals surface area contributed by atoms with Gasteiger partial charge in [0.1, 0.15) is 0 Å². The number of para-hydroxylation sites is 1. The molecule has 1 atom stereocenters. The first-order chi connectivity index (χ1) is 12.5. The van der Waals surface area contributed by atoms with Crippen molar-refractivity contribution in [3.05, 3.63) is 29.3 Å². The molecule has 0 radical (unpaired) electrons. The first kappa shape index (κ1) is 18.7. The van der Waals surface area contributed by atoms with E-state index in [-0.39, 0.29) is 11.9 Å². The van der Waals surface area contributed by atoms with Crippen LogP contribution in [0.5, 0.6) is 0 Å². The van der Waals surface area contributed by atoms with Crippen molar-refractivity contribution in [3.63, 3.8) is 0 Å². The van der Waals surface area contributed by atoms with Crippen LogP contribution in [-0.4, -0.2) is 45.4 Å². The van der Waals surface area contributed by atoms with Crippen molar-refractivity contribution in [2.75, 3.05) is 18.4 Å². The molecule has 0 aliphatic carbocycles. The molecule has 0 spiro atoms. The van der Waals surface area contributed by atoms with Crippen LogP contribution in [0.15, 0.2) is 22.5 Å². The van der Waals surface area contributed by atoms with Gasteiger partial charge in [-0.1, -0.05) is 48.2 Å². The van der Waals surface area contributed by atoms with Crippen molar-refractivity contribution in [2.45, 2.75) is 36.8 Å². The van der Waals surface area contributed by atoms with Gasteiger partial charge in [-0.3, -0.25) is 9.69 Å². The van der Waals surface area contributed by atoms with Gasteiger partial charge in [0.05, 0.1) is 5.25 Å². The number of aromatic nitrogens is 2. The second kappa shape index (κ2) is 8.05. The summed E-state index contributed by atoms with van der Waals surface area (Å²) < 4.78 is 0.694. The summed E-state index contributed by atoms with van der Waals surface area (Å²) in [5.74, 6) is -0.207. The molecular formula is C17H21N5O2S2. The summed E-state index contributed by atoms with van der Waals surface area (Å²) in [4.78, 5) is 25.2. The summed E-state index contributed by atoms with van der Waals surface area (Å²) in [5, 5.41) is 14.6. The Morgan fingerprint density at radius 1 is 1.46 bits per heavy atom. The summed E-state index contributed by atoms with van der Waals surface area (Å²) in [5.41, 5.74) is 3.43. The maximum Gasteiger partial charge on any atom is 0.324 e. The number of amides is 3. The number of rotatable bonds is 6. The van der Waals surface area contributed by atoms with Gasteiger partial charge in [0.15, 0.2) is 4.34 Å². The zero-order valence-electron chi connectivity index (χ0n) is 14.9. The number of carbonyl (C=O) groups is 2. The van der Waals surface area contributed by atoms with E-state index in [1.807, 2.05) is 6.07 Å². The number of benzene rings is 1. The van der Waals surface area contributed by atoms with Crippen LogP contribution in [0.3, 0.4) is 0 Å².